The summed E-state index contributed by atoms with van der Waals surface area (Å²) in [6.45, 7) is 8.31. The van der Waals surface area contributed by atoms with Gasteiger partial charge in [-0.15, -0.1) is 29.6 Å². The summed E-state index contributed by atoms with van der Waals surface area (Å²) >= 11 is 1.38. The molecule has 3 aromatic carbocycles. The molecule has 0 radical (unpaired) electrons. The van der Waals surface area contributed by atoms with Crippen LogP contribution in [0.25, 0.3) is 28.6 Å². The van der Waals surface area contributed by atoms with Crippen LogP contribution in [0.3, 0.4) is 0 Å². The number of hydrogen-bond donors (Lipinski definition) is 2. The Balaban J connectivity index is 1.28. The lowest BCUT2D eigenvalue weighted by molar-refractivity contribution is -0.274. The van der Waals surface area contributed by atoms with E-state index in [1.165, 1.54) is 69.9 Å². The van der Waals surface area contributed by atoms with E-state index in [1.807, 2.05) is 29.0 Å². The summed E-state index contributed by atoms with van der Waals surface area (Å²) in [6.07, 6.45) is -3.70. The van der Waals surface area contributed by atoms with Crippen LogP contribution in [0, 0.1) is 13.8 Å². The van der Waals surface area contributed by atoms with Crippen LogP contribution in [0.1, 0.15) is 42.1 Å². The van der Waals surface area contributed by atoms with Crippen LogP contribution in [0.2, 0.25) is 0 Å². The Morgan fingerprint density at radius 1 is 1.04 bits per heavy atom. The molecule has 45 heavy (non-hydrogen) atoms. The molecule has 5 rings (SSSR count). The number of nitrogens with zero attached hydrogens (tertiary/aromatic N) is 5. The lowest BCUT2D eigenvalue weighted by Gasteiger charge is -2.18. The molecule has 1 unspecified atom stereocenters. The number of aliphatic hydroxyl groups excluding tert-OH is 1. The molecule has 0 spiro atoms. The first kappa shape index (κ1) is 31.7. The molecule has 0 saturated heterocycles. The monoisotopic (exact) mass is 638 g/mol. The van der Waals surface area contributed by atoms with Gasteiger partial charge in [-0.3, -0.25) is 4.57 Å². The average Bonchev–Trinajstić information content (AvgIpc) is 3.62. The molecule has 0 bridgehead atoms. The minimum Gasteiger partial charge on any atom is -0.406 e. The SMILES string of the molecule is Cc1cccc(-n2c(C)csc2=NC(O)N/C=C(\F)c2ccc(-c3ncn(-c4ccc(OC(F)(F)F)cc4)n3)cc2)c1C(C)C. The molecular formula is C32H30F4N6O2S. The van der Waals surface area contributed by atoms with Crippen LogP contribution < -0.4 is 14.9 Å². The third-order valence-corrected chi connectivity index (χ3v) is 7.79. The van der Waals surface area contributed by atoms with Crippen molar-refractivity contribution in [3.63, 3.8) is 0 Å². The van der Waals surface area contributed by atoms with Gasteiger partial charge in [0.15, 0.2) is 10.6 Å². The van der Waals surface area contributed by atoms with Gasteiger partial charge in [0.05, 0.1) is 11.4 Å². The van der Waals surface area contributed by atoms with Crippen molar-refractivity contribution in [2.45, 2.75) is 46.3 Å². The zero-order valence-electron chi connectivity index (χ0n) is 24.7. The van der Waals surface area contributed by atoms with Crippen LogP contribution in [-0.4, -0.2) is 37.2 Å². The first-order valence-electron chi connectivity index (χ1n) is 13.9. The summed E-state index contributed by atoms with van der Waals surface area (Å²) in [5, 5.41) is 19.5. The van der Waals surface area contributed by atoms with Crippen LogP contribution >= 0.6 is 11.3 Å². The Morgan fingerprint density at radius 3 is 2.42 bits per heavy atom. The number of alkyl halides is 3. The Labute approximate surface area is 260 Å². The van der Waals surface area contributed by atoms with Crippen molar-refractivity contribution in [2.24, 2.45) is 4.99 Å². The molecule has 8 nitrogen and oxygen atoms in total. The summed E-state index contributed by atoms with van der Waals surface area (Å²) < 4.78 is 59.5. The van der Waals surface area contributed by atoms with Crippen LogP contribution in [-0.2, 0) is 0 Å². The number of benzene rings is 3. The zero-order valence-corrected chi connectivity index (χ0v) is 25.6. The van der Waals surface area contributed by atoms with Gasteiger partial charge in [0.2, 0.25) is 6.35 Å². The quantitative estimate of drug-likeness (QED) is 0.132. The summed E-state index contributed by atoms with van der Waals surface area (Å²) in [5.41, 5.74) is 5.64. The maximum atomic E-state index is 15.0. The Bertz CT molecular complexity index is 1870. The number of rotatable bonds is 9. The van der Waals surface area contributed by atoms with Gasteiger partial charge < -0.3 is 15.2 Å². The molecule has 2 heterocycles. The van der Waals surface area contributed by atoms with E-state index < -0.39 is 18.5 Å². The van der Waals surface area contributed by atoms with Gasteiger partial charge in [0.1, 0.15) is 17.9 Å². The lowest BCUT2D eigenvalue weighted by atomic mass is 9.96. The first-order chi connectivity index (χ1) is 21.4. The number of thiazole rings is 1. The van der Waals surface area contributed by atoms with E-state index in [9.17, 15) is 22.7 Å². The molecule has 2 aromatic heterocycles. The zero-order chi connectivity index (χ0) is 32.3. The highest BCUT2D eigenvalue weighted by molar-refractivity contribution is 7.07. The van der Waals surface area contributed by atoms with Crippen molar-refractivity contribution >= 4 is 17.2 Å². The van der Waals surface area contributed by atoms with Crippen molar-refractivity contribution in [2.75, 3.05) is 0 Å². The topological polar surface area (TPSA) is 89.5 Å². The number of aryl methyl sites for hydroxylation is 2. The number of nitrogens with one attached hydrogen (secondary N) is 1. The summed E-state index contributed by atoms with van der Waals surface area (Å²) in [6, 6.07) is 17.6. The molecule has 2 N–H and O–H groups in total. The summed E-state index contributed by atoms with van der Waals surface area (Å²) in [7, 11) is 0. The highest BCUT2D eigenvalue weighted by Gasteiger charge is 2.31. The molecule has 5 aromatic rings. The van der Waals surface area contributed by atoms with Crippen LogP contribution in [0.5, 0.6) is 5.75 Å². The second-order valence-corrected chi connectivity index (χ2v) is 11.3. The Hall–Kier alpha value is -4.75. The van der Waals surface area contributed by atoms with Crippen molar-refractivity contribution in [3.8, 4) is 28.5 Å². The predicted octanol–water partition coefficient (Wildman–Crippen LogP) is 7.16. The minimum absolute atomic E-state index is 0.251. The molecule has 1 atom stereocenters. The highest BCUT2D eigenvalue weighted by atomic mass is 32.1. The van der Waals surface area contributed by atoms with Gasteiger partial charge in [-0.25, -0.2) is 19.0 Å². The molecule has 0 aliphatic rings. The summed E-state index contributed by atoms with van der Waals surface area (Å²) in [5.74, 6) is -0.351. The van der Waals surface area contributed by atoms with Crippen LogP contribution in [0.4, 0.5) is 17.6 Å². The molecule has 0 aliphatic heterocycles. The Morgan fingerprint density at radius 2 is 1.76 bits per heavy atom. The number of hydrogen-bond acceptors (Lipinski definition) is 7. The van der Waals surface area contributed by atoms with Crippen molar-refractivity contribution in [3.05, 3.63) is 112 Å². The second kappa shape index (κ2) is 13.1. The second-order valence-electron chi connectivity index (χ2n) is 10.5. The average molecular weight is 639 g/mol. The van der Waals surface area contributed by atoms with Gasteiger partial charge in [-0.05, 0) is 61.2 Å². The first-order valence-corrected chi connectivity index (χ1v) is 14.8. The fourth-order valence-electron chi connectivity index (χ4n) is 4.86. The Kier molecular flexibility index (Phi) is 9.21. The molecule has 0 saturated carbocycles. The minimum atomic E-state index is -4.78. The number of ether oxygens (including phenoxy) is 1. The van der Waals surface area contributed by atoms with Crippen molar-refractivity contribution < 1.29 is 27.4 Å². The number of halogens is 4. The van der Waals surface area contributed by atoms with Crippen LogP contribution in [0.15, 0.2) is 89.6 Å². The molecule has 0 aliphatic carbocycles. The van der Waals surface area contributed by atoms with E-state index in [2.05, 4.69) is 52.0 Å². The standard InChI is InChI=1S/C32H30F4N6O2S/c1-19(2)28-20(3)6-5-7-27(28)42-21(4)17-45-31(42)39-30(43)37-16-26(33)22-8-10-23(11-9-22)29-38-18-41(40-29)24-12-14-25(15-13-24)44-32(34,35)36/h5-19,30,37,43H,1-4H3/b26-16-,39-31?. The van der Waals surface area contributed by atoms with E-state index in [4.69, 9.17) is 0 Å². The fraction of sp³-hybridized carbons (Fsp3) is 0.219. The molecular weight excluding hydrogens is 608 g/mol. The maximum absolute atomic E-state index is 15.0. The van der Waals surface area contributed by atoms with E-state index in [0.29, 0.717) is 21.9 Å². The third-order valence-electron chi connectivity index (χ3n) is 6.84. The van der Waals surface area contributed by atoms with E-state index in [0.717, 1.165) is 17.6 Å². The van der Waals surface area contributed by atoms with Gasteiger partial charge in [-0.1, -0.05) is 50.2 Å². The fourth-order valence-corrected chi connectivity index (χ4v) is 5.75. The van der Waals surface area contributed by atoms with Crippen molar-refractivity contribution in [1.82, 2.24) is 24.6 Å². The van der Waals surface area contributed by atoms with Gasteiger partial charge in [0, 0.05) is 28.4 Å². The molecule has 234 valence electrons. The number of aliphatic hydroxyl groups is 1. The summed E-state index contributed by atoms with van der Waals surface area (Å²) in [4.78, 5) is 9.20. The molecule has 13 heteroatoms. The van der Waals surface area contributed by atoms with Gasteiger partial charge in [-0.2, -0.15) is 0 Å². The number of aromatic nitrogens is 4. The lowest BCUT2D eigenvalue weighted by Crippen LogP contribution is -2.27. The third kappa shape index (κ3) is 7.49. The van der Waals surface area contributed by atoms with E-state index in [1.54, 1.807) is 12.1 Å². The van der Waals surface area contributed by atoms with Crippen molar-refractivity contribution in [1.29, 1.82) is 0 Å². The van der Waals surface area contributed by atoms with E-state index >= 15 is 0 Å². The van der Waals surface area contributed by atoms with Gasteiger partial charge in [0.25, 0.3) is 0 Å². The molecule has 0 amide bonds. The van der Waals surface area contributed by atoms with E-state index in [-0.39, 0.29) is 17.2 Å². The normalized spacial score (nSPS) is 13.4. The highest BCUT2D eigenvalue weighted by Crippen LogP contribution is 2.28. The van der Waals surface area contributed by atoms with Gasteiger partial charge >= 0.3 is 6.36 Å². The molecule has 0 fully saturated rings. The predicted molar refractivity (Wildman–Crippen MR) is 164 cm³/mol. The smallest absolute Gasteiger partial charge is 0.406 e. The largest absolute Gasteiger partial charge is 0.573 e. The maximum Gasteiger partial charge on any atom is 0.573 e.